The van der Waals surface area contributed by atoms with Crippen molar-refractivity contribution in [2.24, 2.45) is 5.73 Å². The molecule has 0 bridgehead atoms. The van der Waals surface area contributed by atoms with Gasteiger partial charge in [-0.25, -0.2) is 0 Å². The number of rotatable bonds is 8. The highest BCUT2D eigenvalue weighted by molar-refractivity contribution is 5.85. The predicted octanol–water partition coefficient (Wildman–Crippen LogP) is 1.82. The van der Waals surface area contributed by atoms with Crippen molar-refractivity contribution in [3.05, 3.63) is 35.9 Å². The zero-order valence-electron chi connectivity index (χ0n) is 13.2. The summed E-state index contributed by atoms with van der Waals surface area (Å²) in [7, 11) is 0. The molecule has 21 heavy (non-hydrogen) atoms. The van der Waals surface area contributed by atoms with E-state index < -0.39 is 6.04 Å². The molecule has 1 aromatic carbocycles. The summed E-state index contributed by atoms with van der Waals surface area (Å²) in [5, 5.41) is 2.95. The largest absolute Gasteiger partial charge is 0.353 e. The first-order valence-corrected chi connectivity index (χ1v) is 7.39. The fraction of sp³-hybridized carbons (Fsp3) is 0.562. The lowest BCUT2D eigenvalue weighted by atomic mass is 10.0. The van der Waals surface area contributed by atoms with Crippen molar-refractivity contribution < 1.29 is 4.79 Å². The minimum absolute atomic E-state index is 0. The molecule has 0 saturated heterocycles. The third kappa shape index (κ3) is 6.93. The van der Waals surface area contributed by atoms with E-state index in [1.165, 1.54) is 5.56 Å². The van der Waals surface area contributed by atoms with Crippen LogP contribution < -0.4 is 11.1 Å². The molecule has 0 aromatic heterocycles. The molecule has 1 amide bonds. The average Bonchev–Trinajstić information content (AvgIpc) is 2.46. The second-order valence-electron chi connectivity index (χ2n) is 5.10. The molecular formula is C16H28ClN3O. The van der Waals surface area contributed by atoms with Crippen LogP contribution in [0, 0.1) is 0 Å². The smallest absolute Gasteiger partial charge is 0.236 e. The van der Waals surface area contributed by atoms with Crippen molar-refractivity contribution >= 4 is 18.3 Å². The molecule has 4 nitrogen and oxygen atoms in total. The van der Waals surface area contributed by atoms with Gasteiger partial charge in [0, 0.05) is 12.6 Å². The molecule has 3 N–H and O–H groups in total. The highest BCUT2D eigenvalue weighted by Crippen LogP contribution is 2.08. The van der Waals surface area contributed by atoms with Gasteiger partial charge in [0.25, 0.3) is 0 Å². The molecule has 2 unspecified atom stereocenters. The molecule has 5 heteroatoms. The van der Waals surface area contributed by atoms with Gasteiger partial charge in [-0.15, -0.1) is 12.4 Å². The Morgan fingerprint density at radius 1 is 1.24 bits per heavy atom. The van der Waals surface area contributed by atoms with Gasteiger partial charge in [-0.05, 0) is 32.0 Å². The number of nitrogens with zero attached hydrogens (tertiary/aromatic N) is 1. The summed E-state index contributed by atoms with van der Waals surface area (Å²) in [4.78, 5) is 14.0. The van der Waals surface area contributed by atoms with Gasteiger partial charge in [-0.3, -0.25) is 9.69 Å². The fourth-order valence-electron chi connectivity index (χ4n) is 2.34. The van der Waals surface area contributed by atoms with E-state index >= 15 is 0 Å². The maximum atomic E-state index is 11.6. The van der Waals surface area contributed by atoms with Crippen LogP contribution in [0.4, 0.5) is 0 Å². The first-order valence-electron chi connectivity index (χ1n) is 7.39. The molecule has 2 atom stereocenters. The minimum atomic E-state index is -0.455. The molecule has 0 heterocycles. The number of amides is 1. The Balaban J connectivity index is 0.00000400. The monoisotopic (exact) mass is 313 g/mol. The normalized spacial score (nSPS) is 13.4. The number of carbonyl (C=O) groups excluding carboxylic acids is 1. The van der Waals surface area contributed by atoms with Crippen molar-refractivity contribution in [2.45, 2.75) is 39.3 Å². The molecule has 0 saturated carbocycles. The quantitative estimate of drug-likeness (QED) is 0.770. The van der Waals surface area contributed by atoms with Crippen molar-refractivity contribution in [1.82, 2.24) is 10.2 Å². The van der Waals surface area contributed by atoms with E-state index in [1.54, 1.807) is 6.92 Å². The molecule has 0 spiro atoms. The summed E-state index contributed by atoms with van der Waals surface area (Å²) in [6.45, 7) is 8.59. The molecular weight excluding hydrogens is 286 g/mol. The van der Waals surface area contributed by atoms with Crippen molar-refractivity contribution in [2.75, 3.05) is 19.6 Å². The van der Waals surface area contributed by atoms with Crippen molar-refractivity contribution in [1.29, 1.82) is 0 Å². The van der Waals surface area contributed by atoms with Gasteiger partial charge in [-0.1, -0.05) is 44.2 Å². The second kappa shape index (κ2) is 10.6. The van der Waals surface area contributed by atoms with E-state index in [0.717, 1.165) is 19.5 Å². The number of halogens is 1. The molecule has 1 aromatic rings. The van der Waals surface area contributed by atoms with E-state index in [-0.39, 0.29) is 18.3 Å². The van der Waals surface area contributed by atoms with Crippen LogP contribution in [-0.2, 0) is 11.2 Å². The molecule has 0 aliphatic rings. The van der Waals surface area contributed by atoms with Crippen LogP contribution in [0.5, 0.6) is 0 Å². The highest BCUT2D eigenvalue weighted by atomic mass is 35.5. The Kier molecular flexibility index (Phi) is 10.0. The van der Waals surface area contributed by atoms with Crippen molar-refractivity contribution in [3.63, 3.8) is 0 Å². The summed E-state index contributed by atoms with van der Waals surface area (Å²) < 4.78 is 0. The van der Waals surface area contributed by atoms with Gasteiger partial charge in [0.1, 0.15) is 0 Å². The van der Waals surface area contributed by atoms with E-state index in [0.29, 0.717) is 12.6 Å². The SMILES string of the molecule is CCN(CC)C(CNC(=O)C(C)N)Cc1ccccc1.Cl. The van der Waals surface area contributed by atoms with Crippen LogP contribution >= 0.6 is 12.4 Å². The molecule has 0 fully saturated rings. The average molecular weight is 314 g/mol. The van der Waals surface area contributed by atoms with E-state index in [2.05, 4.69) is 48.3 Å². The third-order valence-corrected chi connectivity index (χ3v) is 3.57. The number of nitrogens with two attached hydrogens (primary N) is 1. The van der Waals surface area contributed by atoms with Crippen LogP contribution in [0.1, 0.15) is 26.3 Å². The third-order valence-electron chi connectivity index (χ3n) is 3.57. The van der Waals surface area contributed by atoms with Gasteiger partial charge < -0.3 is 11.1 Å². The molecule has 0 aliphatic carbocycles. The number of nitrogens with one attached hydrogen (secondary N) is 1. The Morgan fingerprint density at radius 3 is 2.29 bits per heavy atom. The minimum Gasteiger partial charge on any atom is -0.353 e. The van der Waals surface area contributed by atoms with Crippen LogP contribution in [0.2, 0.25) is 0 Å². The highest BCUT2D eigenvalue weighted by Gasteiger charge is 2.18. The van der Waals surface area contributed by atoms with Crippen LogP contribution in [0.15, 0.2) is 30.3 Å². The maximum absolute atomic E-state index is 11.6. The van der Waals surface area contributed by atoms with Gasteiger partial charge in [-0.2, -0.15) is 0 Å². The Labute approximate surface area is 134 Å². The lowest BCUT2D eigenvalue weighted by Crippen LogP contribution is -2.48. The number of likely N-dealkylation sites (N-methyl/N-ethyl adjacent to an activating group) is 1. The zero-order chi connectivity index (χ0) is 15.0. The van der Waals surface area contributed by atoms with Crippen LogP contribution in [-0.4, -0.2) is 42.5 Å². The summed E-state index contributed by atoms with van der Waals surface area (Å²) in [6.07, 6.45) is 0.932. The summed E-state index contributed by atoms with van der Waals surface area (Å²) in [6, 6.07) is 10.2. The van der Waals surface area contributed by atoms with Crippen molar-refractivity contribution in [3.8, 4) is 0 Å². The second-order valence-corrected chi connectivity index (χ2v) is 5.10. The fourth-order valence-corrected chi connectivity index (χ4v) is 2.34. The number of hydrogen-bond donors (Lipinski definition) is 2. The van der Waals surface area contributed by atoms with E-state index in [1.807, 2.05) is 6.07 Å². The van der Waals surface area contributed by atoms with Gasteiger partial charge in [0.05, 0.1) is 6.04 Å². The Morgan fingerprint density at radius 2 is 1.81 bits per heavy atom. The summed E-state index contributed by atoms with van der Waals surface area (Å²) >= 11 is 0. The number of benzene rings is 1. The van der Waals surface area contributed by atoms with Crippen LogP contribution in [0.25, 0.3) is 0 Å². The van der Waals surface area contributed by atoms with Crippen LogP contribution in [0.3, 0.4) is 0 Å². The first kappa shape index (κ1) is 19.9. The topological polar surface area (TPSA) is 58.4 Å². The predicted molar refractivity (Wildman–Crippen MR) is 90.8 cm³/mol. The number of hydrogen-bond acceptors (Lipinski definition) is 3. The molecule has 1 rings (SSSR count). The summed E-state index contributed by atoms with van der Waals surface area (Å²) in [5.41, 5.74) is 6.88. The maximum Gasteiger partial charge on any atom is 0.236 e. The Hall–Kier alpha value is -1.10. The lowest BCUT2D eigenvalue weighted by molar-refractivity contribution is -0.122. The van der Waals surface area contributed by atoms with Gasteiger partial charge in [0.2, 0.25) is 5.91 Å². The summed E-state index contributed by atoms with van der Waals surface area (Å²) in [5.74, 6) is -0.0878. The number of carbonyl (C=O) groups is 1. The van der Waals surface area contributed by atoms with Gasteiger partial charge >= 0.3 is 0 Å². The van der Waals surface area contributed by atoms with E-state index in [4.69, 9.17) is 5.73 Å². The Bertz CT molecular complexity index is 394. The van der Waals surface area contributed by atoms with E-state index in [9.17, 15) is 4.79 Å². The first-order chi connectivity index (χ1) is 9.58. The molecule has 0 aliphatic heterocycles. The molecule has 120 valence electrons. The zero-order valence-corrected chi connectivity index (χ0v) is 14.0. The standard InChI is InChI=1S/C16H27N3O.ClH/c1-4-19(5-2)15(12-18-16(20)13(3)17)11-14-9-7-6-8-10-14;/h6-10,13,15H,4-5,11-12,17H2,1-3H3,(H,18,20);1H. The lowest BCUT2D eigenvalue weighted by Gasteiger charge is -2.30. The van der Waals surface area contributed by atoms with Gasteiger partial charge in [0.15, 0.2) is 0 Å². The molecule has 0 radical (unpaired) electrons.